The second-order valence-electron chi connectivity index (χ2n) is 7.94. The lowest BCUT2D eigenvalue weighted by Gasteiger charge is -2.30. The molecule has 1 fully saturated rings. The number of halogens is 2. The van der Waals surface area contributed by atoms with Gasteiger partial charge in [0, 0.05) is 16.6 Å². The Kier molecular flexibility index (Phi) is 6.33. The molecule has 0 unspecified atom stereocenters. The number of hydrogen-bond acceptors (Lipinski definition) is 2. The SMILES string of the molecule is C[C@@H](CC[C@@]1(C)C(=O)NC[C@H]1Cc1ccc(Cl)cc1)c1ccc(Cl)cc1C#N. The van der Waals surface area contributed by atoms with E-state index in [2.05, 4.69) is 25.2 Å². The molecule has 0 radical (unpaired) electrons. The Hall–Kier alpha value is -2.02. The molecule has 1 amide bonds. The van der Waals surface area contributed by atoms with E-state index in [1.54, 1.807) is 6.07 Å². The predicted molar refractivity (Wildman–Crippen MR) is 114 cm³/mol. The fourth-order valence-corrected chi connectivity index (χ4v) is 4.37. The van der Waals surface area contributed by atoms with Crippen LogP contribution in [0.4, 0.5) is 0 Å². The van der Waals surface area contributed by atoms with Gasteiger partial charge in [0.05, 0.1) is 17.0 Å². The van der Waals surface area contributed by atoms with E-state index in [1.165, 1.54) is 5.56 Å². The topological polar surface area (TPSA) is 52.9 Å². The van der Waals surface area contributed by atoms with Crippen LogP contribution in [0.15, 0.2) is 42.5 Å². The molecule has 146 valence electrons. The number of rotatable bonds is 6. The molecule has 0 spiro atoms. The summed E-state index contributed by atoms with van der Waals surface area (Å²) in [7, 11) is 0. The zero-order valence-electron chi connectivity index (χ0n) is 16.1. The van der Waals surface area contributed by atoms with Crippen molar-refractivity contribution in [3.05, 3.63) is 69.2 Å². The molecule has 1 N–H and O–H groups in total. The Labute approximate surface area is 176 Å². The van der Waals surface area contributed by atoms with Gasteiger partial charge in [0.1, 0.15) is 0 Å². The van der Waals surface area contributed by atoms with Crippen LogP contribution in [0.1, 0.15) is 49.3 Å². The number of hydrogen-bond donors (Lipinski definition) is 1. The number of carbonyl (C=O) groups is 1. The molecule has 0 aliphatic carbocycles. The van der Waals surface area contributed by atoms with Crippen LogP contribution in [0, 0.1) is 22.7 Å². The minimum Gasteiger partial charge on any atom is -0.355 e. The normalized spacial score (nSPS) is 22.5. The van der Waals surface area contributed by atoms with Crippen molar-refractivity contribution in [3.63, 3.8) is 0 Å². The summed E-state index contributed by atoms with van der Waals surface area (Å²) in [5.74, 6) is 0.526. The van der Waals surface area contributed by atoms with Crippen molar-refractivity contribution in [3.8, 4) is 6.07 Å². The van der Waals surface area contributed by atoms with Crippen LogP contribution in [0.3, 0.4) is 0 Å². The summed E-state index contributed by atoms with van der Waals surface area (Å²) in [4.78, 5) is 12.7. The van der Waals surface area contributed by atoms with Gasteiger partial charge >= 0.3 is 0 Å². The van der Waals surface area contributed by atoms with Gasteiger partial charge in [-0.2, -0.15) is 5.26 Å². The van der Waals surface area contributed by atoms with E-state index in [4.69, 9.17) is 23.2 Å². The van der Waals surface area contributed by atoms with Crippen molar-refractivity contribution in [2.24, 2.45) is 11.3 Å². The smallest absolute Gasteiger partial charge is 0.226 e. The summed E-state index contributed by atoms with van der Waals surface area (Å²) in [5, 5.41) is 13.7. The van der Waals surface area contributed by atoms with Crippen molar-refractivity contribution in [1.29, 1.82) is 5.26 Å². The summed E-state index contributed by atoms with van der Waals surface area (Å²) in [6.07, 6.45) is 2.44. The van der Waals surface area contributed by atoms with E-state index in [0.29, 0.717) is 17.1 Å². The number of nitrogens with one attached hydrogen (secondary N) is 1. The van der Waals surface area contributed by atoms with Crippen LogP contribution in [0.5, 0.6) is 0 Å². The maximum Gasteiger partial charge on any atom is 0.226 e. The molecule has 5 heteroatoms. The quantitative estimate of drug-likeness (QED) is 0.654. The van der Waals surface area contributed by atoms with E-state index >= 15 is 0 Å². The van der Waals surface area contributed by atoms with Gasteiger partial charge in [-0.1, -0.05) is 55.2 Å². The first-order chi connectivity index (χ1) is 13.3. The van der Waals surface area contributed by atoms with Crippen molar-refractivity contribution < 1.29 is 4.79 Å². The van der Waals surface area contributed by atoms with Gasteiger partial charge in [0.25, 0.3) is 0 Å². The maximum absolute atomic E-state index is 12.7. The highest BCUT2D eigenvalue weighted by molar-refractivity contribution is 6.30. The second kappa shape index (κ2) is 8.55. The number of carbonyl (C=O) groups excluding carboxylic acids is 1. The molecule has 28 heavy (non-hydrogen) atoms. The summed E-state index contributed by atoms with van der Waals surface area (Å²) >= 11 is 12.0. The van der Waals surface area contributed by atoms with Gasteiger partial charge in [0.2, 0.25) is 5.91 Å². The van der Waals surface area contributed by atoms with E-state index in [9.17, 15) is 10.1 Å². The number of nitrogens with zero attached hydrogens (tertiary/aromatic N) is 1. The van der Waals surface area contributed by atoms with Crippen LogP contribution in [-0.4, -0.2) is 12.5 Å². The van der Waals surface area contributed by atoms with Crippen molar-refractivity contribution in [2.75, 3.05) is 6.54 Å². The highest BCUT2D eigenvalue weighted by Crippen LogP contribution is 2.41. The molecule has 1 aliphatic rings. The molecule has 0 bridgehead atoms. The third kappa shape index (κ3) is 4.35. The Morgan fingerprint density at radius 3 is 2.57 bits per heavy atom. The molecule has 3 nitrogen and oxygen atoms in total. The van der Waals surface area contributed by atoms with Crippen molar-refractivity contribution in [1.82, 2.24) is 5.32 Å². The zero-order valence-corrected chi connectivity index (χ0v) is 17.6. The summed E-state index contributed by atoms with van der Waals surface area (Å²) < 4.78 is 0. The van der Waals surface area contributed by atoms with Gasteiger partial charge in [0.15, 0.2) is 0 Å². The van der Waals surface area contributed by atoms with Crippen LogP contribution in [0.2, 0.25) is 10.0 Å². The Morgan fingerprint density at radius 2 is 1.89 bits per heavy atom. The summed E-state index contributed by atoms with van der Waals surface area (Å²) in [5.41, 5.74) is 2.36. The largest absolute Gasteiger partial charge is 0.355 e. The average molecular weight is 415 g/mol. The maximum atomic E-state index is 12.7. The lowest BCUT2D eigenvalue weighted by Crippen LogP contribution is -2.33. The first-order valence-corrected chi connectivity index (χ1v) is 10.3. The molecule has 2 aromatic rings. The van der Waals surface area contributed by atoms with Crippen molar-refractivity contribution in [2.45, 2.75) is 39.0 Å². The van der Waals surface area contributed by atoms with Gasteiger partial charge < -0.3 is 5.32 Å². The molecule has 3 rings (SSSR count). The lowest BCUT2D eigenvalue weighted by molar-refractivity contribution is -0.128. The molecule has 1 heterocycles. The number of nitriles is 1. The minimum atomic E-state index is -0.423. The van der Waals surface area contributed by atoms with Crippen LogP contribution in [-0.2, 0) is 11.2 Å². The molecule has 0 aromatic heterocycles. The predicted octanol–water partition coefficient (Wildman–Crippen LogP) is 5.74. The van der Waals surface area contributed by atoms with Gasteiger partial charge in [-0.05, 0) is 66.5 Å². The van der Waals surface area contributed by atoms with Gasteiger partial charge in [-0.15, -0.1) is 0 Å². The van der Waals surface area contributed by atoms with E-state index in [-0.39, 0.29) is 17.7 Å². The van der Waals surface area contributed by atoms with Crippen LogP contribution < -0.4 is 5.32 Å². The molecule has 3 atom stereocenters. The minimum absolute atomic E-state index is 0.121. The Bertz CT molecular complexity index is 904. The van der Waals surface area contributed by atoms with Crippen LogP contribution in [0.25, 0.3) is 0 Å². The fourth-order valence-electron chi connectivity index (χ4n) is 4.08. The van der Waals surface area contributed by atoms with E-state index in [1.807, 2.05) is 36.4 Å². The Balaban J connectivity index is 1.72. The van der Waals surface area contributed by atoms with E-state index in [0.717, 1.165) is 29.8 Å². The third-order valence-electron chi connectivity index (χ3n) is 6.09. The van der Waals surface area contributed by atoms with Gasteiger partial charge in [-0.25, -0.2) is 0 Å². The fraction of sp³-hybridized carbons (Fsp3) is 0.391. The average Bonchev–Trinajstić information content (AvgIpc) is 2.96. The number of amides is 1. The number of benzene rings is 2. The first-order valence-electron chi connectivity index (χ1n) is 9.56. The molecule has 1 saturated heterocycles. The van der Waals surface area contributed by atoms with E-state index < -0.39 is 5.41 Å². The summed E-state index contributed by atoms with van der Waals surface area (Å²) in [6, 6.07) is 15.5. The first kappa shape index (κ1) is 20.7. The highest BCUT2D eigenvalue weighted by atomic mass is 35.5. The summed E-state index contributed by atoms with van der Waals surface area (Å²) in [6.45, 7) is 4.86. The van der Waals surface area contributed by atoms with Gasteiger partial charge in [-0.3, -0.25) is 4.79 Å². The monoisotopic (exact) mass is 414 g/mol. The van der Waals surface area contributed by atoms with Crippen LogP contribution >= 0.6 is 23.2 Å². The van der Waals surface area contributed by atoms with Crippen molar-refractivity contribution >= 4 is 29.1 Å². The highest BCUT2D eigenvalue weighted by Gasteiger charge is 2.45. The Morgan fingerprint density at radius 1 is 1.21 bits per heavy atom. The zero-order chi connectivity index (χ0) is 20.3. The molecular formula is C23H24Cl2N2O. The lowest BCUT2D eigenvalue weighted by atomic mass is 9.71. The second-order valence-corrected chi connectivity index (χ2v) is 8.81. The molecule has 1 aliphatic heterocycles. The molecular weight excluding hydrogens is 391 g/mol. The standard InChI is InChI=1S/C23H24Cl2N2O/c1-15(21-8-7-20(25)12-17(21)13-26)9-10-23(2)18(14-27-22(23)28)11-16-3-5-19(24)6-4-16/h3-8,12,15,18H,9-11,14H2,1-2H3,(H,27,28)/t15-,18+,23+/m0/s1. The molecule has 2 aromatic carbocycles. The third-order valence-corrected chi connectivity index (χ3v) is 6.57. The molecule has 0 saturated carbocycles.